The molecule has 2 rings (SSSR count). The van der Waals surface area contributed by atoms with Gasteiger partial charge in [-0.05, 0) is 60.4 Å². The minimum Gasteiger partial charge on any atom is -0.462 e. The summed E-state index contributed by atoms with van der Waals surface area (Å²) in [5, 5.41) is 5.99. The van der Waals surface area contributed by atoms with Gasteiger partial charge < -0.3 is 15.4 Å². The lowest BCUT2D eigenvalue weighted by Gasteiger charge is -2.13. The number of hydrogen-bond acceptors (Lipinski definition) is 4. The zero-order chi connectivity index (χ0) is 14.5. The SMILES string of the molecule is CCOC(=O)c1ccc(NC(=O)C2CCCN2)c(Br)c1. The molecule has 1 saturated heterocycles. The van der Waals surface area contributed by atoms with Crippen LogP contribution in [0.3, 0.4) is 0 Å². The molecular formula is C14H17BrN2O3. The molecule has 5 nitrogen and oxygen atoms in total. The van der Waals surface area contributed by atoms with E-state index in [1.807, 2.05) is 0 Å². The Kier molecular flexibility index (Phi) is 5.14. The summed E-state index contributed by atoms with van der Waals surface area (Å²) in [6.07, 6.45) is 1.87. The van der Waals surface area contributed by atoms with Crippen molar-refractivity contribution in [3.05, 3.63) is 28.2 Å². The molecular weight excluding hydrogens is 324 g/mol. The standard InChI is InChI=1S/C14H17BrN2O3/c1-2-20-14(19)9-5-6-11(10(15)8-9)17-13(18)12-4-3-7-16-12/h5-6,8,12,16H,2-4,7H2,1H3,(H,17,18). The van der Waals surface area contributed by atoms with E-state index < -0.39 is 0 Å². The van der Waals surface area contributed by atoms with Gasteiger partial charge in [0.05, 0.1) is 23.9 Å². The first-order chi connectivity index (χ1) is 9.61. The minimum atomic E-state index is -0.372. The molecule has 1 amide bonds. The number of anilines is 1. The zero-order valence-corrected chi connectivity index (χ0v) is 12.8. The maximum absolute atomic E-state index is 12.0. The van der Waals surface area contributed by atoms with Gasteiger partial charge in [-0.3, -0.25) is 4.79 Å². The lowest BCUT2D eigenvalue weighted by Crippen LogP contribution is -2.35. The molecule has 1 aromatic rings. The number of carbonyl (C=O) groups is 2. The first kappa shape index (κ1) is 15.0. The molecule has 1 unspecified atom stereocenters. The molecule has 1 aliphatic heterocycles. The molecule has 0 radical (unpaired) electrons. The summed E-state index contributed by atoms with van der Waals surface area (Å²) in [5.74, 6) is -0.421. The maximum Gasteiger partial charge on any atom is 0.338 e. The molecule has 1 aliphatic rings. The van der Waals surface area contributed by atoms with Crippen LogP contribution in [0, 0.1) is 0 Å². The van der Waals surface area contributed by atoms with Gasteiger partial charge in [-0.1, -0.05) is 0 Å². The van der Waals surface area contributed by atoms with Crippen LogP contribution in [-0.2, 0) is 9.53 Å². The fourth-order valence-electron chi connectivity index (χ4n) is 2.09. The summed E-state index contributed by atoms with van der Waals surface area (Å²) in [6, 6.07) is 4.85. The van der Waals surface area contributed by atoms with Crippen molar-refractivity contribution in [2.45, 2.75) is 25.8 Å². The largest absolute Gasteiger partial charge is 0.462 e. The minimum absolute atomic E-state index is 0.0490. The smallest absolute Gasteiger partial charge is 0.338 e. The molecule has 1 atom stereocenters. The van der Waals surface area contributed by atoms with Crippen molar-refractivity contribution in [3.63, 3.8) is 0 Å². The van der Waals surface area contributed by atoms with Crippen LogP contribution in [0.25, 0.3) is 0 Å². The van der Waals surface area contributed by atoms with E-state index in [1.54, 1.807) is 25.1 Å². The van der Waals surface area contributed by atoms with Gasteiger partial charge in [0.25, 0.3) is 0 Å². The average molecular weight is 341 g/mol. The topological polar surface area (TPSA) is 67.4 Å². The van der Waals surface area contributed by atoms with Crippen LogP contribution in [0.15, 0.2) is 22.7 Å². The van der Waals surface area contributed by atoms with Crippen molar-refractivity contribution >= 4 is 33.5 Å². The fourth-order valence-corrected chi connectivity index (χ4v) is 2.56. The first-order valence-corrected chi connectivity index (χ1v) is 7.42. The number of rotatable bonds is 4. The second-order valence-electron chi connectivity index (χ2n) is 4.55. The van der Waals surface area contributed by atoms with Crippen LogP contribution in [0.4, 0.5) is 5.69 Å². The van der Waals surface area contributed by atoms with E-state index in [0.717, 1.165) is 19.4 Å². The molecule has 2 N–H and O–H groups in total. The zero-order valence-electron chi connectivity index (χ0n) is 11.2. The number of nitrogens with one attached hydrogen (secondary N) is 2. The summed E-state index contributed by atoms with van der Waals surface area (Å²) in [5.41, 5.74) is 1.10. The fraction of sp³-hybridized carbons (Fsp3) is 0.429. The third-order valence-corrected chi connectivity index (χ3v) is 3.77. The Morgan fingerprint density at radius 1 is 1.50 bits per heavy atom. The quantitative estimate of drug-likeness (QED) is 0.825. The first-order valence-electron chi connectivity index (χ1n) is 6.62. The molecule has 108 valence electrons. The van der Waals surface area contributed by atoms with Crippen LogP contribution < -0.4 is 10.6 Å². The van der Waals surface area contributed by atoms with Crippen molar-refractivity contribution in [2.24, 2.45) is 0 Å². The highest BCUT2D eigenvalue weighted by Crippen LogP contribution is 2.24. The van der Waals surface area contributed by atoms with E-state index in [0.29, 0.717) is 22.3 Å². The number of halogens is 1. The van der Waals surface area contributed by atoms with Crippen LogP contribution >= 0.6 is 15.9 Å². The molecule has 1 heterocycles. The number of benzene rings is 1. The third kappa shape index (κ3) is 3.58. The highest BCUT2D eigenvalue weighted by Gasteiger charge is 2.22. The summed E-state index contributed by atoms with van der Waals surface area (Å²) in [6.45, 7) is 2.97. The van der Waals surface area contributed by atoms with Gasteiger partial charge in [0.15, 0.2) is 0 Å². The summed E-state index contributed by atoms with van der Waals surface area (Å²) in [4.78, 5) is 23.6. The Labute approximate surface area is 126 Å². The van der Waals surface area contributed by atoms with E-state index in [4.69, 9.17) is 4.74 Å². The Morgan fingerprint density at radius 2 is 2.30 bits per heavy atom. The average Bonchev–Trinajstić information content (AvgIpc) is 2.95. The van der Waals surface area contributed by atoms with Gasteiger partial charge in [-0.25, -0.2) is 4.79 Å². The second-order valence-corrected chi connectivity index (χ2v) is 5.41. The van der Waals surface area contributed by atoms with Gasteiger partial charge >= 0.3 is 5.97 Å². The molecule has 0 aromatic heterocycles. The second kappa shape index (κ2) is 6.85. The number of esters is 1. The Morgan fingerprint density at radius 3 is 2.90 bits per heavy atom. The van der Waals surface area contributed by atoms with E-state index in [1.165, 1.54) is 0 Å². The Hall–Kier alpha value is -1.40. The van der Waals surface area contributed by atoms with Crippen molar-refractivity contribution in [3.8, 4) is 0 Å². The van der Waals surface area contributed by atoms with E-state index in [-0.39, 0.29) is 17.9 Å². The summed E-state index contributed by atoms with van der Waals surface area (Å²) < 4.78 is 5.59. The van der Waals surface area contributed by atoms with Crippen LogP contribution in [0.1, 0.15) is 30.1 Å². The maximum atomic E-state index is 12.0. The molecule has 0 aliphatic carbocycles. The Balaban J connectivity index is 2.05. The molecule has 0 saturated carbocycles. The molecule has 1 aromatic carbocycles. The van der Waals surface area contributed by atoms with Crippen LogP contribution in [0.2, 0.25) is 0 Å². The highest BCUT2D eigenvalue weighted by atomic mass is 79.9. The normalized spacial score (nSPS) is 17.8. The van der Waals surface area contributed by atoms with Gasteiger partial charge in [0, 0.05) is 4.47 Å². The van der Waals surface area contributed by atoms with Gasteiger partial charge in [0.1, 0.15) is 0 Å². The number of amides is 1. The Bertz CT molecular complexity index is 513. The van der Waals surface area contributed by atoms with Crippen molar-refractivity contribution in [2.75, 3.05) is 18.5 Å². The van der Waals surface area contributed by atoms with E-state index in [9.17, 15) is 9.59 Å². The number of ether oxygens (including phenoxy) is 1. The monoisotopic (exact) mass is 340 g/mol. The summed E-state index contributed by atoms with van der Waals surface area (Å²) in [7, 11) is 0. The third-order valence-electron chi connectivity index (χ3n) is 3.11. The van der Waals surface area contributed by atoms with E-state index >= 15 is 0 Å². The van der Waals surface area contributed by atoms with Gasteiger partial charge in [-0.15, -0.1) is 0 Å². The molecule has 0 bridgehead atoms. The van der Waals surface area contributed by atoms with Crippen molar-refractivity contribution in [1.29, 1.82) is 0 Å². The lowest BCUT2D eigenvalue weighted by atomic mass is 10.2. The summed E-state index contributed by atoms with van der Waals surface area (Å²) >= 11 is 3.36. The number of hydrogen-bond donors (Lipinski definition) is 2. The molecule has 0 spiro atoms. The van der Waals surface area contributed by atoms with Crippen LogP contribution in [-0.4, -0.2) is 31.1 Å². The lowest BCUT2D eigenvalue weighted by molar-refractivity contribution is -0.117. The molecule has 20 heavy (non-hydrogen) atoms. The molecule has 6 heteroatoms. The van der Waals surface area contributed by atoms with E-state index in [2.05, 4.69) is 26.6 Å². The predicted octanol–water partition coefficient (Wildman–Crippen LogP) is 2.32. The molecule has 1 fully saturated rings. The van der Waals surface area contributed by atoms with Crippen molar-refractivity contribution < 1.29 is 14.3 Å². The number of carbonyl (C=O) groups excluding carboxylic acids is 2. The van der Waals surface area contributed by atoms with Gasteiger partial charge in [-0.2, -0.15) is 0 Å². The predicted molar refractivity (Wildman–Crippen MR) is 79.8 cm³/mol. The van der Waals surface area contributed by atoms with Gasteiger partial charge in [0.2, 0.25) is 5.91 Å². The highest BCUT2D eigenvalue weighted by molar-refractivity contribution is 9.10. The van der Waals surface area contributed by atoms with Crippen molar-refractivity contribution in [1.82, 2.24) is 5.32 Å². The van der Waals surface area contributed by atoms with Crippen LogP contribution in [0.5, 0.6) is 0 Å².